The van der Waals surface area contributed by atoms with Crippen LogP contribution >= 0.6 is 15.9 Å². The molecule has 0 saturated heterocycles. The van der Waals surface area contributed by atoms with Crippen LogP contribution in [-0.4, -0.2) is 11.9 Å². The van der Waals surface area contributed by atoms with Gasteiger partial charge in [0.15, 0.2) is 0 Å². The molecule has 2 heteroatoms. The zero-order chi connectivity index (χ0) is 13.8. The normalized spacial score (nSPS) is 13.4. The second-order valence-corrected chi connectivity index (χ2v) is 6.65. The first-order valence-corrected chi connectivity index (χ1v) is 7.82. The van der Waals surface area contributed by atoms with Crippen LogP contribution in [0, 0.1) is 5.92 Å². The van der Waals surface area contributed by atoms with Gasteiger partial charge in [-0.15, -0.1) is 0 Å². The lowest BCUT2D eigenvalue weighted by molar-refractivity contribution is 0.267. The molecule has 1 aromatic carbocycles. The largest absolute Gasteiger partial charge is 0.493 e. The van der Waals surface area contributed by atoms with Crippen molar-refractivity contribution in [3.63, 3.8) is 0 Å². The van der Waals surface area contributed by atoms with E-state index >= 15 is 0 Å². The summed E-state index contributed by atoms with van der Waals surface area (Å²) >= 11 is 3.49. The molecule has 1 aromatic rings. The molecular weight excluding hydrogens is 288 g/mol. The zero-order valence-corrected chi connectivity index (χ0v) is 13.8. The lowest BCUT2D eigenvalue weighted by Gasteiger charge is -2.24. The summed E-state index contributed by atoms with van der Waals surface area (Å²) in [6, 6.07) is 6.58. The van der Waals surface area contributed by atoms with Crippen LogP contribution in [0.25, 0.3) is 0 Å². The van der Waals surface area contributed by atoms with E-state index in [1.165, 1.54) is 11.1 Å². The standard InChI is InChI=1S/C16H25BrO/c1-6-13-7-8-15(18-11-12(2)10-17)14(9-13)16(3,4)5/h7-9,12H,6,10-11H2,1-5H3. The Balaban J connectivity index is 2.96. The van der Waals surface area contributed by atoms with Crippen molar-refractivity contribution < 1.29 is 4.74 Å². The maximum absolute atomic E-state index is 5.99. The van der Waals surface area contributed by atoms with Gasteiger partial charge in [0.25, 0.3) is 0 Å². The Morgan fingerprint density at radius 1 is 1.28 bits per heavy atom. The quantitative estimate of drug-likeness (QED) is 0.698. The SMILES string of the molecule is CCc1ccc(OCC(C)CBr)c(C(C)(C)C)c1. The summed E-state index contributed by atoms with van der Waals surface area (Å²) in [7, 11) is 0. The van der Waals surface area contributed by atoms with E-state index in [4.69, 9.17) is 4.74 Å². The molecule has 18 heavy (non-hydrogen) atoms. The van der Waals surface area contributed by atoms with Gasteiger partial charge in [0, 0.05) is 5.33 Å². The van der Waals surface area contributed by atoms with Crippen molar-refractivity contribution in [1.82, 2.24) is 0 Å². The van der Waals surface area contributed by atoms with Gasteiger partial charge >= 0.3 is 0 Å². The summed E-state index contributed by atoms with van der Waals surface area (Å²) in [5.74, 6) is 1.57. The van der Waals surface area contributed by atoms with Crippen LogP contribution in [0.15, 0.2) is 18.2 Å². The fourth-order valence-electron chi connectivity index (χ4n) is 1.79. The molecule has 0 aliphatic heterocycles. The number of aryl methyl sites for hydroxylation is 1. The van der Waals surface area contributed by atoms with Gasteiger partial charge in [-0.2, -0.15) is 0 Å². The maximum Gasteiger partial charge on any atom is 0.123 e. The molecule has 0 spiro atoms. The maximum atomic E-state index is 5.99. The summed E-state index contributed by atoms with van der Waals surface area (Å²) in [4.78, 5) is 0. The smallest absolute Gasteiger partial charge is 0.123 e. The molecule has 0 saturated carbocycles. The number of hydrogen-bond acceptors (Lipinski definition) is 1. The molecule has 1 rings (SSSR count). The van der Waals surface area contributed by atoms with E-state index in [-0.39, 0.29) is 5.41 Å². The Kier molecular flexibility index (Phi) is 5.71. The average molecular weight is 313 g/mol. The van der Waals surface area contributed by atoms with Gasteiger partial charge in [-0.05, 0) is 34.9 Å². The first kappa shape index (κ1) is 15.6. The topological polar surface area (TPSA) is 9.23 Å². The highest BCUT2D eigenvalue weighted by molar-refractivity contribution is 9.09. The Morgan fingerprint density at radius 2 is 1.94 bits per heavy atom. The molecule has 0 N–H and O–H groups in total. The molecule has 1 nitrogen and oxygen atoms in total. The van der Waals surface area contributed by atoms with E-state index < -0.39 is 0 Å². The number of alkyl halides is 1. The molecule has 0 aliphatic carbocycles. The monoisotopic (exact) mass is 312 g/mol. The Labute approximate surface area is 120 Å². The highest BCUT2D eigenvalue weighted by Gasteiger charge is 2.19. The molecule has 102 valence electrons. The third kappa shape index (κ3) is 4.31. The van der Waals surface area contributed by atoms with E-state index in [9.17, 15) is 0 Å². The number of ether oxygens (including phenoxy) is 1. The molecule has 1 unspecified atom stereocenters. The minimum atomic E-state index is 0.123. The van der Waals surface area contributed by atoms with Gasteiger partial charge in [-0.3, -0.25) is 0 Å². The van der Waals surface area contributed by atoms with Crippen LogP contribution in [0.5, 0.6) is 5.75 Å². The fraction of sp³-hybridized carbons (Fsp3) is 0.625. The van der Waals surface area contributed by atoms with Gasteiger partial charge in [0.05, 0.1) is 6.61 Å². The minimum Gasteiger partial charge on any atom is -0.493 e. The van der Waals surface area contributed by atoms with Crippen molar-refractivity contribution >= 4 is 15.9 Å². The van der Waals surface area contributed by atoms with Gasteiger partial charge < -0.3 is 4.74 Å². The van der Waals surface area contributed by atoms with Crippen molar-refractivity contribution in [3.05, 3.63) is 29.3 Å². The molecular formula is C16H25BrO. The molecule has 0 radical (unpaired) electrons. The highest BCUT2D eigenvalue weighted by Crippen LogP contribution is 2.32. The average Bonchev–Trinajstić information content (AvgIpc) is 2.34. The first-order chi connectivity index (χ1) is 8.38. The lowest BCUT2D eigenvalue weighted by atomic mass is 9.85. The molecule has 0 amide bonds. The summed E-state index contributed by atoms with van der Waals surface area (Å²) in [6.07, 6.45) is 1.07. The number of halogens is 1. The van der Waals surface area contributed by atoms with E-state index in [1.54, 1.807) is 0 Å². The summed E-state index contributed by atoms with van der Waals surface area (Å²) in [6.45, 7) is 11.9. The predicted molar refractivity (Wildman–Crippen MR) is 83.0 cm³/mol. The van der Waals surface area contributed by atoms with E-state index in [0.717, 1.165) is 24.1 Å². The number of benzene rings is 1. The molecule has 0 aliphatic rings. The van der Waals surface area contributed by atoms with Gasteiger partial charge in [-0.1, -0.05) is 62.7 Å². The van der Waals surface area contributed by atoms with Crippen LogP contribution < -0.4 is 4.74 Å². The van der Waals surface area contributed by atoms with Gasteiger partial charge in [-0.25, -0.2) is 0 Å². The van der Waals surface area contributed by atoms with Crippen LogP contribution in [0.4, 0.5) is 0 Å². The van der Waals surface area contributed by atoms with Crippen LogP contribution in [0.3, 0.4) is 0 Å². The number of rotatable bonds is 5. The molecule has 0 bridgehead atoms. The summed E-state index contributed by atoms with van der Waals surface area (Å²) < 4.78 is 5.99. The van der Waals surface area contributed by atoms with Crippen molar-refractivity contribution in [2.75, 3.05) is 11.9 Å². The molecule has 0 aromatic heterocycles. The Bertz CT molecular complexity index is 379. The van der Waals surface area contributed by atoms with Crippen molar-refractivity contribution in [1.29, 1.82) is 0 Å². The first-order valence-electron chi connectivity index (χ1n) is 6.70. The number of hydrogen-bond donors (Lipinski definition) is 0. The predicted octanol–water partition coefficient (Wildman–Crippen LogP) is 4.96. The minimum absolute atomic E-state index is 0.123. The van der Waals surface area contributed by atoms with E-state index in [1.807, 2.05) is 0 Å². The fourth-order valence-corrected chi connectivity index (χ4v) is 1.97. The van der Waals surface area contributed by atoms with Crippen LogP contribution in [0.2, 0.25) is 0 Å². The zero-order valence-electron chi connectivity index (χ0n) is 12.2. The Hall–Kier alpha value is -0.500. The van der Waals surface area contributed by atoms with Gasteiger partial charge in [0.1, 0.15) is 5.75 Å². The molecule has 0 fully saturated rings. The van der Waals surface area contributed by atoms with Crippen LogP contribution in [-0.2, 0) is 11.8 Å². The van der Waals surface area contributed by atoms with Crippen molar-refractivity contribution in [2.45, 2.75) is 46.5 Å². The molecule has 1 atom stereocenters. The van der Waals surface area contributed by atoms with Crippen molar-refractivity contribution in [3.8, 4) is 5.75 Å². The summed E-state index contributed by atoms with van der Waals surface area (Å²) in [5.41, 5.74) is 2.81. The second-order valence-electron chi connectivity index (χ2n) is 6.00. The second kappa shape index (κ2) is 6.60. The third-order valence-corrected chi connectivity index (χ3v) is 4.15. The summed E-state index contributed by atoms with van der Waals surface area (Å²) in [5, 5.41) is 0.977. The van der Waals surface area contributed by atoms with E-state index in [2.05, 4.69) is 68.7 Å². The van der Waals surface area contributed by atoms with Gasteiger partial charge in [0.2, 0.25) is 0 Å². The molecule has 0 heterocycles. The highest BCUT2D eigenvalue weighted by atomic mass is 79.9. The Morgan fingerprint density at radius 3 is 2.44 bits per heavy atom. The van der Waals surface area contributed by atoms with E-state index in [0.29, 0.717) is 5.92 Å². The lowest BCUT2D eigenvalue weighted by Crippen LogP contribution is -2.16. The third-order valence-electron chi connectivity index (χ3n) is 3.05. The van der Waals surface area contributed by atoms with Crippen LogP contribution in [0.1, 0.15) is 45.7 Å². The van der Waals surface area contributed by atoms with Crippen molar-refractivity contribution in [2.24, 2.45) is 5.92 Å².